The van der Waals surface area contributed by atoms with Crippen molar-refractivity contribution in [3.63, 3.8) is 0 Å². The van der Waals surface area contributed by atoms with E-state index in [1.807, 2.05) is 43.3 Å². The van der Waals surface area contributed by atoms with E-state index in [2.05, 4.69) is 28.4 Å². The highest BCUT2D eigenvalue weighted by Gasteiger charge is 2.22. The zero-order valence-electron chi connectivity index (χ0n) is 15.2. The Balaban J connectivity index is 1.59. The van der Waals surface area contributed by atoms with E-state index < -0.39 is 0 Å². The van der Waals surface area contributed by atoms with E-state index in [1.165, 1.54) is 5.56 Å². The molecule has 5 heteroatoms. The van der Waals surface area contributed by atoms with Gasteiger partial charge in [-0.1, -0.05) is 17.7 Å². The molecule has 2 N–H and O–H groups in total. The highest BCUT2D eigenvalue weighted by atomic mass is 16.1. The fourth-order valence-electron chi connectivity index (χ4n) is 3.69. The first-order chi connectivity index (χ1) is 12.6. The van der Waals surface area contributed by atoms with Gasteiger partial charge < -0.3 is 15.2 Å². The number of aryl methyl sites for hydroxylation is 1. The number of hydrogen-bond acceptors (Lipinski definition) is 3. The van der Waals surface area contributed by atoms with Crippen LogP contribution in [0.15, 0.2) is 42.6 Å². The molecule has 134 valence electrons. The maximum absolute atomic E-state index is 12.5. The van der Waals surface area contributed by atoms with Gasteiger partial charge in [0.05, 0.1) is 11.0 Å². The molecule has 0 bridgehead atoms. The average Bonchev–Trinajstić information content (AvgIpc) is 3.05. The van der Waals surface area contributed by atoms with E-state index in [-0.39, 0.29) is 5.91 Å². The monoisotopic (exact) mass is 348 g/mol. The van der Waals surface area contributed by atoms with Gasteiger partial charge in [0.15, 0.2) is 0 Å². The SMILES string of the molecule is Cc1cccc(C(=O)Nc2ccc3[nH]cc(C4CCN(C)CC4)c3n2)c1. The number of benzene rings is 1. The first kappa shape index (κ1) is 16.8. The van der Waals surface area contributed by atoms with Gasteiger partial charge in [-0.2, -0.15) is 0 Å². The molecule has 26 heavy (non-hydrogen) atoms. The molecule has 1 aliphatic rings. The van der Waals surface area contributed by atoms with E-state index in [0.717, 1.165) is 42.5 Å². The predicted molar refractivity (Wildman–Crippen MR) is 105 cm³/mol. The molecule has 1 aliphatic heterocycles. The molecule has 2 aromatic heterocycles. The van der Waals surface area contributed by atoms with Crippen molar-refractivity contribution in [3.8, 4) is 0 Å². The Kier molecular flexibility index (Phi) is 4.47. The van der Waals surface area contributed by atoms with E-state index in [4.69, 9.17) is 4.98 Å². The molecule has 0 radical (unpaired) electrons. The fraction of sp³-hybridized carbons (Fsp3) is 0.333. The van der Waals surface area contributed by atoms with Crippen LogP contribution in [0.25, 0.3) is 11.0 Å². The van der Waals surface area contributed by atoms with Crippen LogP contribution in [0, 0.1) is 6.92 Å². The van der Waals surface area contributed by atoms with Crippen molar-refractivity contribution in [2.45, 2.75) is 25.7 Å². The number of amides is 1. The van der Waals surface area contributed by atoms with Gasteiger partial charge in [-0.05, 0) is 75.6 Å². The normalized spacial score (nSPS) is 16.1. The number of aromatic amines is 1. The molecule has 0 unspecified atom stereocenters. The summed E-state index contributed by atoms with van der Waals surface area (Å²) < 4.78 is 0. The molecule has 1 aromatic carbocycles. The summed E-state index contributed by atoms with van der Waals surface area (Å²) in [6.07, 6.45) is 4.37. The van der Waals surface area contributed by atoms with Crippen LogP contribution < -0.4 is 5.32 Å². The second-order valence-corrected chi connectivity index (χ2v) is 7.24. The lowest BCUT2D eigenvalue weighted by atomic mass is 9.91. The van der Waals surface area contributed by atoms with Crippen LogP contribution in [0.1, 0.15) is 40.2 Å². The number of carbonyl (C=O) groups excluding carboxylic acids is 1. The third-order valence-corrected chi connectivity index (χ3v) is 5.23. The minimum atomic E-state index is -0.128. The van der Waals surface area contributed by atoms with Gasteiger partial charge in [-0.15, -0.1) is 0 Å². The number of anilines is 1. The lowest BCUT2D eigenvalue weighted by Gasteiger charge is -2.28. The zero-order valence-corrected chi connectivity index (χ0v) is 15.2. The summed E-state index contributed by atoms with van der Waals surface area (Å²) in [6.45, 7) is 4.21. The largest absolute Gasteiger partial charge is 0.360 e. The first-order valence-corrected chi connectivity index (χ1v) is 9.15. The highest BCUT2D eigenvalue weighted by Crippen LogP contribution is 2.32. The van der Waals surface area contributed by atoms with E-state index in [1.54, 1.807) is 0 Å². The fourth-order valence-corrected chi connectivity index (χ4v) is 3.69. The first-order valence-electron chi connectivity index (χ1n) is 9.15. The van der Waals surface area contributed by atoms with Gasteiger partial charge in [-0.25, -0.2) is 4.98 Å². The molecule has 3 heterocycles. The molecule has 0 saturated carbocycles. The van der Waals surface area contributed by atoms with Crippen LogP contribution in [0.4, 0.5) is 5.82 Å². The van der Waals surface area contributed by atoms with Crippen LogP contribution in [-0.2, 0) is 0 Å². The number of pyridine rings is 1. The van der Waals surface area contributed by atoms with E-state index in [9.17, 15) is 4.79 Å². The molecule has 1 amide bonds. The van der Waals surface area contributed by atoms with Crippen molar-refractivity contribution in [1.82, 2.24) is 14.9 Å². The lowest BCUT2D eigenvalue weighted by Crippen LogP contribution is -2.29. The van der Waals surface area contributed by atoms with Crippen LogP contribution in [0.3, 0.4) is 0 Å². The van der Waals surface area contributed by atoms with Gasteiger partial charge in [-0.3, -0.25) is 4.79 Å². The topological polar surface area (TPSA) is 61.0 Å². The number of fused-ring (bicyclic) bond motifs is 1. The summed E-state index contributed by atoms with van der Waals surface area (Å²) in [5.41, 5.74) is 4.97. The van der Waals surface area contributed by atoms with Crippen LogP contribution in [0.5, 0.6) is 0 Å². The molecule has 1 fully saturated rings. The highest BCUT2D eigenvalue weighted by molar-refractivity contribution is 6.04. The van der Waals surface area contributed by atoms with Gasteiger partial charge in [0.25, 0.3) is 5.91 Å². The Bertz CT molecular complexity index is 938. The maximum atomic E-state index is 12.5. The number of nitrogens with one attached hydrogen (secondary N) is 2. The van der Waals surface area contributed by atoms with Gasteiger partial charge >= 0.3 is 0 Å². The van der Waals surface area contributed by atoms with Gasteiger partial charge in [0.1, 0.15) is 5.82 Å². The van der Waals surface area contributed by atoms with Crippen molar-refractivity contribution in [2.75, 3.05) is 25.5 Å². The summed E-state index contributed by atoms with van der Waals surface area (Å²) in [6, 6.07) is 11.4. The minimum Gasteiger partial charge on any atom is -0.360 e. The average molecular weight is 348 g/mol. The maximum Gasteiger partial charge on any atom is 0.256 e. The second kappa shape index (κ2) is 6.92. The van der Waals surface area contributed by atoms with Gasteiger partial charge in [0, 0.05) is 11.8 Å². The Labute approximate surface area is 153 Å². The van der Waals surface area contributed by atoms with Crippen molar-refractivity contribution >= 4 is 22.8 Å². The molecular formula is C21H24N4O. The third-order valence-electron chi connectivity index (χ3n) is 5.23. The smallest absolute Gasteiger partial charge is 0.256 e. The lowest BCUT2D eigenvalue weighted by molar-refractivity contribution is 0.102. The molecular weight excluding hydrogens is 324 g/mol. The number of H-pyrrole nitrogens is 1. The number of likely N-dealkylation sites (tertiary alicyclic amines) is 1. The molecule has 0 aliphatic carbocycles. The summed E-state index contributed by atoms with van der Waals surface area (Å²) in [5.74, 6) is 0.991. The standard InChI is InChI=1S/C21H24N4O/c1-14-4-3-5-16(12-14)21(26)24-19-7-6-18-20(23-19)17(13-22-18)15-8-10-25(2)11-9-15/h3-7,12-13,15,22H,8-11H2,1-2H3,(H,23,24,26). The number of rotatable bonds is 3. The Morgan fingerprint density at radius 2 is 2.04 bits per heavy atom. The molecule has 3 aromatic rings. The molecule has 5 nitrogen and oxygen atoms in total. The Morgan fingerprint density at radius 1 is 1.23 bits per heavy atom. The van der Waals surface area contributed by atoms with E-state index in [0.29, 0.717) is 17.3 Å². The predicted octanol–water partition coefficient (Wildman–Crippen LogP) is 3.93. The minimum absolute atomic E-state index is 0.128. The van der Waals surface area contributed by atoms with Gasteiger partial charge in [0.2, 0.25) is 0 Å². The summed E-state index contributed by atoms with van der Waals surface area (Å²) in [4.78, 5) is 22.9. The van der Waals surface area contributed by atoms with Crippen LogP contribution in [0.2, 0.25) is 0 Å². The second-order valence-electron chi connectivity index (χ2n) is 7.24. The quantitative estimate of drug-likeness (QED) is 0.754. The van der Waals surface area contributed by atoms with Crippen molar-refractivity contribution < 1.29 is 4.79 Å². The number of nitrogens with zero attached hydrogens (tertiary/aromatic N) is 2. The molecule has 4 rings (SSSR count). The number of piperidine rings is 1. The summed E-state index contributed by atoms with van der Waals surface area (Å²) in [7, 11) is 2.17. The molecule has 0 atom stereocenters. The van der Waals surface area contributed by atoms with Crippen molar-refractivity contribution in [1.29, 1.82) is 0 Å². The van der Waals surface area contributed by atoms with Crippen molar-refractivity contribution in [3.05, 3.63) is 59.3 Å². The van der Waals surface area contributed by atoms with E-state index >= 15 is 0 Å². The van der Waals surface area contributed by atoms with Crippen molar-refractivity contribution in [2.24, 2.45) is 0 Å². The van der Waals surface area contributed by atoms with Crippen LogP contribution in [-0.4, -0.2) is 40.9 Å². The Hall–Kier alpha value is -2.66. The van der Waals surface area contributed by atoms with Crippen LogP contribution >= 0.6 is 0 Å². The zero-order chi connectivity index (χ0) is 18.1. The summed E-state index contributed by atoms with van der Waals surface area (Å²) in [5, 5.41) is 2.93. The number of carbonyl (C=O) groups is 1. The summed E-state index contributed by atoms with van der Waals surface area (Å²) >= 11 is 0. The number of hydrogen-bond donors (Lipinski definition) is 2. The molecule has 0 spiro atoms. The number of aromatic nitrogens is 2. The Morgan fingerprint density at radius 3 is 2.81 bits per heavy atom. The molecule has 1 saturated heterocycles. The third kappa shape index (κ3) is 3.35.